The van der Waals surface area contributed by atoms with Crippen LogP contribution < -0.4 is 5.32 Å². The summed E-state index contributed by atoms with van der Waals surface area (Å²) in [7, 11) is 0. The fourth-order valence-electron chi connectivity index (χ4n) is 2.44. The molecule has 0 aromatic carbocycles. The third kappa shape index (κ3) is 3.85. The number of rotatable bonds is 2. The van der Waals surface area contributed by atoms with E-state index in [9.17, 15) is 13.2 Å². The molecule has 1 fully saturated rings. The van der Waals surface area contributed by atoms with Crippen molar-refractivity contribution in [2.24, 2.45) is 5.41 Å². The van der Waals surface area contributed by atoms with Crippen LogP contribution in [0.25, 0.3) is 0 Å². The van der Waals surface area contributed by atoms with E-state index < -0.39 is 11.7 Å². The normalized spacial score (nSPS) is 20.3. The first-order valence-electron chi connectivity index (χ1n) is 6.56. The molecule has 0 spiro atoms. The number of alkyl halides is 3. The lowest BCUT2D eigenvalue weighted by atomic mass is 9.75. The first-order chi connectivity index (χ1) is 8.76. The van der Waals surface area contributed by atoms with E-state index >= 15 is 0 Å². The van der Waals surface area contributed by atoms with E-state index in [-0.39, 0.29) is 6.04 Å². The molecule has 0 saturated heterocycles. The number of hydrogen-bond donors (Lipinski definition) is 1. The quantitative estimate of drug-likeness (QED) is 0.858. The van der Waals surface area contributed by atoms with Gasteiger partial charge in [0.25, 0.3) is 0 Å². The van der Waals surface area contributed by atoms with Gasteiger partial charge in [0.1, 0.15) is 5.82 Å². The van der Waals surface area contributed by atoms with Crippen molar-refractivity contribution in [1.29, 1.82) is 0 Å². The monoisotopic (exact) mass is 272 g/mol. The Balaban J connectivity index is 2.00. The number of pyridine rings is 1. The van der Waals surface area contributed by atoms with Crippen LogP contribution in [0, 0.1) is 5.41 Å². The molecular formula is C14H19F3N2. The van der Waals surface area contributed by atoms with Gasteiger partial charge in [-0.15, -0.1) is 0 Å². The van der Waals surface area contributed by atoms with Gasteiger partial charge in [-0.1, -0.05) is 13.8 Å². The van der Waals surface area contributed by atoms with Gasteiger partial charge in [0.15, 0.2) is 0 Å². The van der Waals surface area contributed by atoms with Crippen LogP contribution >= 0.6 is 0 Å². The fraction of sp³-hybridized carbons (Fsp3) is 0.643. The first kappa shape index (κ1) is 14.2. The lowest BCUT2D eigenvalue weighted by Crippen LogP contribution is -2.30. The molecule has 106 valence electrons. The minimum atomic E-state index is -4.31. The molecule has 2 nitrogen and oxygen atoms in total. The largest absolute Gasteiger partial charge is 0.416 e. The summed E-state index contributed by atoms with van der Waals surface area (Å²) in [5, 5.41) is 3.12. The van der Waals surface area contributed by atoms with Crippen molar-refractivity contribution < 1.29 is 13.2 Å². The van der Waals surface area contributed by atoms with Gasteiger partial charge in [-0.25, -0.2) is 4.98 Å². The van der Waals surface area contributed by atoms with E-state index in [0.29, 0.717) is 11.2 Å². The van der Waals surface area contributed by atoms with E-state index in [1.54, 1.807) is 0 Å². The highest BCUT2D eigenvalue weighted by Gasteiger charge is 2.31. The van der Waals surface area contributed by atoms with E-state index in [1.807, 2.05) is 0 Å². The molecule has 1 saturated carbocycles. The molecule has 0 atom stereocenters. The maximum Gasteiger partial charge on any atom is 0.416 e. The number of anilines is 1. The molecule has 1 aromatic rings. The van der Waals surface area contributed by atoms with Crippen LogP contribution in [0.3, 0.4) is 0 Å². The number of aromatic nitrogens is 1. The Bertz CT molecular complexity index is 431. The molecule has 0 unspecified atom stereocenters. The van der Waals surface area contributed by atoms with Crippen molar-refractivity contribution in [3.63, 3.8) is 0 Å². The van der Waals surface area contributed by atoms with Crippen LogP contribution in [0.2, 0.25) is 0 Å². The minimum Gasteiger partial charge on any atom is -0.367 e. The average molecular weight is 272 g/mol. The van der Waals surface area contributed by atoms with Gasteiger partial charge in [0.05, 0.1) is 5.56 Å². The van der Waals surface area contributed by atoms with Crippen molar-refractivity contribution in [3.8, 4) is 0 Å². The van der Waals surface area contributed by atoms with Gasteiger partial charge >= 0.3 is 6.18 Å². The van der Waals surface area contributed by atoms with Crippen LogP contribution in [-0.4, -0.2) is 11.0 Å². The Morgan fingerprint density at radius 1 is 1.26 bits per heavy atom. The maximum atomic E-state index is 12.6. The van der Waals surface area contributed by atoms with Gasteiger partial charge in [-0.3, -0.25) is 0 Å². The summed E-state index contributed by atoms with van der Waals surface area (Å²) in [6, 6.07) is 2.30. The Hall–Kier alpha value is -1.26. The third-order valence-electron chi connectivity index (χ3n) is 3.78. The number of hydrogen-bond acceptors (Lipinski definition) is 2. The zero-order valence-corrected chi connectivity index (χ0v) is 11.2. The Morgan fingerprint density at radius 2 is 1.89 bits per heavy atom. The summed E-state index contributed by atoms with van der Waals surface area (Å²) in [4.78, 5) is 3.97. The topological polar surface area (TPSA) is 24.9 Å². The molecule has 1 aliphatic carbocycles. The molecular weight excluding hydrogens is 253 g/mol. The number of nitrogens with one attached hydrogen (secondary N) is 1. The summed E-state index contributed by atoms with van der Waals surface area (Å²) in [6.07, 6.45) is 1.02. The molecule has 0 amide bonds. The minimum absolute atomic E-state index is 0.226. The number of halogens is 3. The van der Waals surface area contributed by atoms with Crippen molar-refractivity contribution >= 4 is 5.82 Å². The highest BCUT2D eigenvalue weighted by molar-refractivity contribution is 5.39. The second-order valence-corrected chi connectivity index (χ2v) is 6.01. The second-order valence-electron chi connectivity index (χ2n) is 6.01. The summed E-state index contributed by atoms with van der Waals surface area (Å²) in [5.41, 5.74) is -0.305. The molecule has 0 bridgehead atoms. The summed E-state index contributed by atoms with van der Waals surface area (Å²) in [5.74, 6) is 0.319. The van der Waals surface area contributed by atoms with Crippen LogP contribution in [0.4, 0.5) is 19.0 Å². The van der Waals surface area contributed by atoms with E-state index in [1.165, 1.54) is 6.20 Å². The Kier molecular flexibility index (Phi) is 3.74. The lowest BCUT2D eigenvalue weighted by Gasteiger charge is -2.34. The van der Waals surface area contributed by atoms with Crippen LogP contribution in [0.15, 0.2) is 18.3 Å². The van der Waals surface area contributed by atoms with Crippen molar-refractivity contribution in [2.45, 2.75) is 51.7 Å². The molecule has 0 aliphatic heterocycles. The summed E-state index contributed by atoms with van der Waals surface area (Å²) in [6.45, 7) is 4.46. The molecule has 19 heavy (non-hydrogen) atoms. The average Bonchev–Trinajstić information content (AvgIpc) is 2.31. The SMILES string of the molecule is CC1(C)CCC(Nc2cc(C(F)(F)F)ccn2)CC1. The Labute approximate surface area is 111 Å². The van der Waals surface area contributed by atoms with Gasteiger partial charge < -0.3 is 5.32 Å². The smallest absolute Gasteiger partial charge is 0.367 e. The van der Waals surface area contributed by atoms with Gasteiger partial charge in [0.2, 0.25) is 0 Å². The van der Waals surface area contributed by atoms with Gasteiger partial charge in [-0.2, -0.15) is 13.2 Å². The summed E-state index contributed by atoms with van der Waals surface area (Å²) < 4.78 is 37.8. The van der Waals surface area contributed by atoms with Gasteiger partial charge in [0, 0.05) is 12.2 Å². The predicted octanol–water partition coefficient (Wildman–Crippen LogP) is 4.48. The van der Waals surface area contributed by atoms with E-state index in [0.717, 1.165) is 37.8 Å². The summed E-state index contributed by atoms with van der Waals surface area (Å²) >= 11 is 0. The zero-order valence-electron chi connectivity index (χ0n) is 11.2. The predicted molar refractivity (Wildman–Crippen MR) is 68.9 cm³/mol. The highest BCUT2D eigenvalue weighted by atomic mass is 19.4. The lowest BCUT2D eigenvalue weighted by molar-refractivity contribution is -0.137. The molecule has 1 aromatic heterocycles. The first-order valence-corrected chi connectivity index (χ1v) is 6.56. The molecule has 1 aliphatic rings. The third-order valence-corrected chi connectivity index (χ3v) is 3.78. The number of nitrogens with zero attached hydrogens (tertiary/aromatic N) is 1. The standard InChI is InChI=1S/C14H19F3N2/c1-13(2)6-3-11(4-7-13)19-12-9-10(5-8-18-12)14(15,16)17/h5,8-9,11H,3-4,6-7H2,1-2H3,(H,18,19). The molecule has 2 rings (SSSR count). The fourth-order valence-corrected chi connectivity index (χ4v) is 2.44. The molecule has 1 N–H and O–H groups in total. The highest BCUT2D eigenvalue weighted by Crippen LogP contribution is 2.36. The van der Waals surface area contributed by atoms with Crippen LogP contribution in [-0.2, 0) is 6.18 Å². The van der Waals surface area contributed by atoms with Crippen LogP contribution in [0.5, 0.6) is 0 Å². The van der Waals surface area contributed by atoms with Crippen LogP contribution in [0.1, 0.15) is 45.1 Å². The molecule has 1 heterocycles. The van der Waals surface area contributed by atoms with Crippen molar-refractivity contribution in [2.75, 3.05) is 5.32 Å². The van der Waals surface area contributed by atoms with Gasteiger partial charge in [-0.05, 0) is 43.2 Å². The van der Waals surface area contributed by atoms with Crippen molar-refractivity contribution in [3.05, 3.63) is 23.9 Å². The Morgan fingerprint density at radius 3 is 2.47 bits per heavy atom. The van der Waals surface area contributed by atoms with E-state index in [4.69, 9.17) is 0 Å². The molecule has 5 heteroatoms. The van der Waals surface area contributed by atoms with E-state index in [2.05, 4.69) is 24.1 Å². The second kappa shape index (κ2) is 5.02. The van der Waals surface area contributed by atoms with Crippen molar-refractivity contribution in [1.82, 2.24) is 4.98 Å². The maximum absolute atomic E-state index is 12.6. The molecule has 0 radical (unpaired) electrons. The zero-order chi connectivity index (χ0) is 14.1.